The Bertz CT molecular complexity index is 3830. The summed E-state index contributed by atoms with van der Waals surface area (Å²) in [5.41, 5.74) is 13.5. The van der Waals surface area contributed by atoms with Crippen LogP contribution in [0, 0.1) is 25.2 Å². The Morgan fingerprint density at radius 3 is 1.40 bits per heavy atom. The van der Waals surface area contributed by atoms with Crippen LogP contribution in [0.2, 0.25) is 5.02 Å². The average molecular weight is 1170 g/mol. The Hall–Kier alpha value is -9.59. The lowest BCUT2D eigenvalue weighted by Crippen LogP contribution is -2.26. The molecule has 10 heterocycles. The number of hydrogen-bond acceptors (Lipinski definition) is 16. The monoisotopic (exact) mass is 1170 g/mol. The SMILES string of the molecule is Brc1cc(NC2=NCCN2)cc2cc[nH]c12.Cc1c(NC2=NCCN2)ccc2[nH]ccc12.Cc1cc(NC2=NCCN2)cc2cc[nH]c12.Clc1cc(NC2=NCCN2)cc2cc[nH]c12.N#Cc1cc(NC2=NCCN2)cc2cc[nH]c12. The molecule has 10 aromatic rings. The Labute approximate surface area is 479 Å². The average Bonchev–Trinajstić information content (AvgIpc) is 4.35. The van der Waals surface area contributed by atoms with Gasteiger partial charge in [0.1, 0.15) is 6.07 Å². The third kappa shape index (κ3) is 13.1. The Kier molecular flexibility index (Phi) is 16.5. The van der Waals surface area contributed by atoms with Crippen molar-refractivity contribution < 1.29 is 0 Å². The minimum atomic E-state index is 0.633. The summed E-state index contributed by atoms with van der Waals surface area (Å²) < 4.78 is 1.05. The van der Waals surface area contributed by atoms with Gasteiger partial charge in [-0.05, 0) is 132 Å². The van der Waals surface area contributed by atoms with Crippen molar-refractivity contribution in [1.82, 2.24) is 51.5 Å². The van der Waals surface area contributed by atoms with Crippen molar-refractivity contribution in [3.8, 4) is 6.07 Å². The summed E-state index contributed by atoms with van der Waals surface area (Å²) in [4.78, 5) is 37.3. The fourth-order valence-corrected chi connectivity index (χ4v) is 10.5. The maximum atomic E-state index is 9.10. The van der Waals surface area contributed by atoms with Gasteiger partial charge in [0.15, 0.2) is 29.8 Å². The first-order chi connectivity index (χ1) is 39.7. The molecule has 81 heavy (non-hydrogen) atoms. The number of aromatic amines is 5. The number of rotatable bonds is 5. The van der Waals surface area contributed by atoms with Crippen molar-refractivity contribution in [3.05, 3.63) is 148 Å². The van der Waals surface area contributed by atoms with E-state index in [-0.39, 0.29) is 0 Å². The molecule has 0 spiro atoms. The van der Waals surface area contributed by atoms with Crippen LogP contribution in [0.3, 0.4) is 0 Å². The molecule has 0 fully saturated rings. The molecule has 0 saturated heterocycles. The van der Waals surface area contributed by atoms with Crippen molar-refractivity contribution in [1.29, 1.82) is 5.26 Å². The Morgan fingerprint density at radius 2 is 0.877 bits per heavy atom. The van der Waals surface area contributed by atoms with Gasteiger partial charge in [-0.15, -0.1) is 0 Å². The standard InChI is InChI=1S/C12H11N5.2C12H14N4.C11H11BrN4.C11H11ClN4/c13-7-9-6-10(17-12-15-3-4-16-12)5-8-1-2-14-11(8)9;1-8-6-10(16-12-14-4-5-15-12)7-9-2-3-13-11(8)9;1-8-9-4-5-13-11(9)3-2-10(8)16-12-14-6-7-15-12;2*12-9-6-8(16-11-14-3-4-15-11)5-7-1-2-13-10(7)9/h1-2,5-6,14H,3-4H2,(H2,15,16,17);2-3,6-7,13H,4-5H2,1H3,(H2,14,15,16);2-5,13H,6-7H2,1H3,(H2,14,15,16);2*1-2,5-6,13H,3-4H2,(H2,14,15,16). The van der Waals surface area contributed by atoms with E-state index in [1.54, 1.807) is 0 Å². The predicted molar refractivity (Wildman–Crippen MR) is 338 cm³/mol. The minimum absolute atomic E-state index is 0.633. The van der Waals surface area contributed by atoms with E-state index in [4.69, 9.17) is 16.9 Å². The molecule has 0 saturated carbocycles. The van der Waals surface area contributed by atoms with Crippen LogP contribution in [0.25, 0.3) is 54.5 Å². The predicted octanol–water partition coefficient (Wildman–Crippen LogP) is 9.60. The van der Waals surface area contributed by atoms with E-state index in [0.717, 1.165) is 155 Å². The van der Waals surface area contributed by atoms with E-state index in [2.05, 4.69) is 187 Å². The van der Waals surface area contributed by atoms with Crippen molar-refractivity contribution in [2.75, 3.05) is 92.0 Å². The van der Waals surface area contributed by atoms with E-state index < -0.39 is 0 Å². The molecular formula is C58H61BrClN21. The van der Waals surface area contributed by atoms with Gasteiger partial charge in [-0.3, -0.25) is 25.0 Å². The second-order valence-corrected chi connectivity index (χ2v) is 20.5. The molecule has 0 aliphatic carbocycles. The van der Waals surface area contributed by atoms with Gasteiger partial charge in [0.25, 0.3) is 0 Å². The number of nitrogens with one attached hydrogen (secondary N) is 15. The van der Waals surface area contributed by atoms with Crippen molar-refractivity contribution in [3.63, 3.8) is 0 Å². The summed E-state index contributed by atoms with van der Waals surface area (Å²) in [6, 6.07) is 32.7. The number of aryl methyl sites for hydroxylation is 2. The van der Waals surface area contributed by atoms with Crippen molar-refractivity contribution >= 4 is 140 Å². The van der Waals surface area contributed by atoms with Crippen LogP contribution in [0.5, 0.6) is 0 Å². The molecule has 0 amide bonds. The fraction of sp³-hybridized carbons (Fsp3) is 0.207. The zero-order chi connectivity index (χ0) is 55.5. The molecule has 23 heteroatoms. The summed E-state index contributed by atoms with van der Waals surface area (Å²) in [6.45, 7) is 12.9. The summed E-state index contributed by atoms with van der Waals surface area (Å²) in [7, 11) is 0. The van der Waals surface area contributed by atoms with Gasteiger partial charge < -0.3 is 78.1 Å². The summed E-state index contributed by atoms with van der Waals surface area (Å²) in [5, 5.41) is 47.7. The number of hydrogen-bond donors (Lipinski definition) is 15. The second-order valence-electron chi connectivity index (χ2n) is 19.2. The van der Waals surface area contributed by atoms with Gasteiger partial charge in [-0.25, -0.2) is 0 Å². The zero-order valence-electron chi connectivity index (χ0n) is 44.6. The molecule has 0 atom stereocenters. The Morgan fingerprint density at radius 1 is 0.457 bits per heavy atom. The molecule has 21 nitrogen and oxygen atoms in total. The quantitative estimate of drug-likeness (QED) is 0.0770. The van der Waals surface area contributed by atoms with Crippen molar-refractivity contribution in [2.45, 2.75) is 13.8 Å². The molecule has 412 valence electrons. The maximum Gasteiger partial charge on any atom is 0.195 e. The van der Waals surface area contributed by atoms with Crippen LogP contribution < -0.4 is 53.2 Å². The highest BCUT2D eigenvalue weighted by Crippen LogP contribution is 2.30. The highest BCUT2D eigenvalue weighted by Gasteiger charge is 2.13. The van der Waals surface area contributed by atoms with Gasteiger partial charge >= 0.3 is 0 Å². The number of benzene rings is 5. The van der Waals surface area contributed by atoms with Crippen LogP contribution in [-0.4, -0.2) is 120 Å². The number of nitrogens with zero attached hydrogens (tertiary/aromatic N) is 6. The lowest BCUT2D eigenvalue weighted by molar-refractivity contribution is 0.959. The summed E-state index contributed by atoms with van der Waals surface area (Å²) in [5.74, 6) is 4.17. The fourth-order valence-electron chi connectivity index (χ4n) is 9.66. The molecule has 0 radical (unpaired) electrons. The molecule has 0 bridgehead atoms. The smallest absolute Gasteiger partial charge is 0.195 e. The lowest BCUT2D eigenvalue weighted by Gasteiger charge is -2.10. The van der Waals surface area contributed by atoms with Gasteiger partial charge in [-0.1, -0.05) is 11.6 Å². The normalized spacial score (nSPS) is 14.8. The number of fused-ring (bicyclic) bond motifs is 5. The van der Waals surface area contributed by atoms with Gasteiger partial charge in [0, 0.05) is 135 Å². The molecule has 15 N–H and O–H groups in total. The number of anilines is 5. The lowest BCUT2D eigenvalue weighted by atomic mass is 10.1. The molecule has 5 aromatic heterocycles. The number of guanidine groups is 5. The molecule has 0 unspecified atom stereocenters. The van der Waals surface area contributed by atoms with Gasteiger partial charge in [0.2, 0.25) is 0 Å². The van der Waals surface area contributed by atoms with Crippen LogP contribution in [0.4, 0.5) is 28.4 Å². The maximum absolute atomic E-state index is 9.10. The first-order valence-corrected chi connectivity index (χ1v) is 27.8. The van der Waals surface area contributed by atoms with E-state index in [1.165, 1.54) is 38.3 Å². The number of nitriles is 1. The molecule has 5 aliphatic heterocycles. The van der Waals surface area contributed by atoms with E-state index in [0.29, 0.717) is 10.6 Å². The van der Waals surface area contributed by atoms with Gasteiger partial charge in [0.05, 0.1) is 59.9 Å². The Balaban J connectivity index is 0.000000107. The molecule has 5 aromatic carbocycles. The molecule has 5 aliphatic rings. The number of H-pyrrole nitrogens is 5. The van der Waals surface area contributed by atoms with Crippen molar-refractivity contribution in [2.24, 2.45) is 25.0 Å². The van der Waals surface area contributed by atoms with E-state index in [9.17, 15) is 0 Å². The zero-order valence-corrected chi connectivity index (χ0v) is 46.9. The van der Waals surface area contributed by atoms with Crippen LogP contribution >= 0.6 is 27.5 Å². The number of aliphatic imine (C=N–C) groups is 5. The van der Waals surface area contributed by atoms with Crippen LogP contribution in [0.15, 0.2) is 151 Å². The van der Waals surface area contributed by atoms with E-state index in [1.807, 2.05) is 73.4 Å². The summed E-state index contributed by atoms with van der Waals surface area (Å²) in [6.07, 6.45) is 9.58. The highest BCUT2D eigenvalue weighted by molar-refractivity contribution is 9.10. The largest absolute Gasteiger partial charge is 0.361 e. The van der Waals surface area contributed by atoms with Crippen LogP contribution in [0.1, 0.15) is 16.7 Å². The molecular weight excluding hydrogens is 1110 g/mol. The third-order valence-corrected chi connectivity index (χ3v) is 14.5. The first kappa shape index (κ1) is 53.4. The highest BCUT2D eigenvalue weighted by atomic mass is 79.9. The first-order valence-electron chi connectivity index (χ1n) is 26.7. The third-order valence-electron chi connectivity index (χ3n) is 13.5. The topological polar surface area (TPSA) is 285 Å². The van der Waals surface area contributed by atoms with Gasteiger partial charge in [-0.2, -0.15) is 5.26 Å². The second kappa shape index (κ2) is 25.0. The van der Waals surface area contributed by atoms with Crippen LogP contribution in [-0.2, 0) is 0 Å². The number of aromatic nitrogens is 5. The minimum Gasteiger partial charge on any atom is -0.361 e. The van der Waals surface area contributed by atoms with E-state index >= 15 is 0 Å². The summed E-state index contributed by atoms with van der Waals surface area (Å²) >= 11 is 9.70. The number of halogens is 2. The molecule has 15 rings (SSSR count).